The van der Waals surface area contributed by atoms with E-state index in [4.69, 9.17) is 9.47 Å². The van der Waals surface area contributed by atoms with Gasteiger partial charge in [-0.15, -0.1) is 0 Å². The largest absolute Gasteiger partial charge is 0.469 e. The molecule has 0 aromatic heterocycles. The lowest BCUT2D eigenvalue weighted by Crippen LogP contribution is -2.65. The van der Waals surface area contributed by atoms with Gasteiger partial charge < -0.3 is 9.47 Å². The monoisotopic (exact) mass is 344 g/mol. The minimum atomic E-state index is -0.920. The summed E-state index contributed by atoms with van der Waals surface area (Å²) in [4.78, 5) is 26.1. The summed E-state index contributed by atoms with van der Waals surface area (Å²) < 4.78 is 10.5. The van der Waals surface area contributed by atoms with Gasteiger partial charge in [-0.3, -0.25) is 9.59 Å². The molecule has 0 amide bonds. The van der Waals surface area contributed by atoms with E-state index in [1.54, 1.807) is 0 Å². The van der Waals surface area contributed by atoms with Gasteiger partial charge in [-0.2, -0.15) is 0 Å². The van der Waals surface area contributed by atoms with Crippen LogP contribution in [0.15, 0.2) is 24.3 Å². The molecule has 0 aliphatic heterocycles. The van der Waals surface area contributed by atoms with Gasteiger partial charge in [-0.1, -0.05) is 44.5 Å². The summed E-state index contributed by atoms with van der Waals surface area (Å²) in [5.41, 5.74) is -0.542. The summed E-state index contributed by atoms with van der Waals surface area (Å²) in [6, 6.07) is 8.08. The number of methoxy groups -OCH3 is 2. The highest BCUT2D eigenvalue weighted by molar-refractivity contribution is 5.90. The lowest BCUT2D eigenvalue weighted by molar-refractivity contribution is -0.185. The van der Waals surface area contributed by atoms with Crippen LogP contribution in [0.3, 0.4) is 0 Å². The van der Waals surface area contributed by atoms with Gasteiger partial charge in [0.05, 0.1) is 25.0 Å². The second-order valence-corrected chi connectivity index (χ2v) is 8.30. The Labute approximate surface area is 149 Å². The molecule has 4 nitrogen and oxygen atoms in total. The normalized spacial score (nSPS) is 39.3. The third kappa shape index (κ3) is 1.73. The molecule has 0 N–H and O–H groups in total. The zero-order valence-corrected chi connectivity index (χ0v) is 16.1. The predicted molar refractivity (Wildman–Crippen MR) is 95.2 cm³/mol. The van der Waals surface area contributed by atoms with Crippen LogP contribution < -0.4 is 0 Å². The Balaban J connectivity index is 2.41. The summed E-state index contributed by atoms with van der Waals surface area (Å²) in [6.45, 7) is 8.18. The van der Waals surface area contributed by atoms with Crippen LogP contribution in [0.25, 0.3) is 0 Å². The van der Waals surface area contributed by atoms with E-state index in [1.807, 2.05) is 32.0 Å². The fourth-order valence-corrected chi connectivity index (χ4v) is 6.13. The Morgan fingerprint density at radius 2 is 1.44 bits per heavy atom. The molecule has 0 spiro atoms. The molecule has 1 aromatic rings. The Morgan fingerprint density at radius 3 is 2.00 bits per heavy atom. The summed E-state index contributed by atoms with van der Waals surface area (Å²) in [5, 5.41) is 0. The number of ether oxygens (including phenoxy) is 2. The molecule has 1 saturated carbocycles. The van der Waals surface area contributed by atoms with Gasteiger partial charge in [-0.05, 0) is 37.8 Å². The van der Waals surface area contributed by atoms with Crippen molar-refractivity contribution in [3.8, 4) is 0 Å². The van der Waals surface area contributed by atoms with Crippen LogP contribution in [-0.2, 0) is 29.9 Å². The van der Waals surface area contributed by atoms with E-state index < -0.39 is 16.2 Å². The maximum atomic E-state index is 13.1. The molecule has 136 valence electrons. The lowest BCUT2D eigenvalue weighted by Gasteiger charge is -2.60. The standard InChI is InChI=1S/C21H28O4/c1-18-12-9-13-19(2,16(22)24-5)21(18,4)20(3,17(23)25-6)15-11-8-7-10-14(15)18/h7-8,10-11H,9,12-13H2,1-6H3/t18-,19-,20-,21+/m0/s1. The summed E-state index contributed by atoms with van der Waals surface area (Å²) in [6.07, 6.45) is 2.55. The molecule has 0 radical (unpaired) electrons. The number of carbonyl (C=O) groups is 2. The van der Waals surface area contributed by atoms with Crippen LogP contribution in [-0.4, -0.2) is 26.2 Å². The number of fused-ring (bicyclic) bond motifs is 3. The predicted octanol–water partition coefficient (Wildman–Crippen LogP) is 3.76. The fourth-order valence-electron chi connectivity index (χ4n) is 6.13. The highest BCUT2D eigenvalue weighted by Crippen LogP contribution is 2.73. The second kappa shape index (κ2) is 5.33. The van der Waals surface area contributed by atoms with Crippen LogP contribution in [0, 0.1) is 10.8 Å². The number of rotatable bonds is 2. The molecule has 1 fully saturated rings. The molecule has 0 unspecified atom stereocenters. The number of esters is 2. The summed E-state index contributed by atoms with van der Waals surface area (Å²) >= 11 is 0. The van der Waals surface area contributed by atoms with E-state index in [2.05, 4.69) is 19.9 Å². The first-order valence-electron chi connectivity index (χ1n) is 8.92. The molecular weight excluding hydrogens is 316 g/mol. The zero-order valence-electron chi connectivity index (χ0n) is 16.1. The van der Waals surface area contributed by atoms with Crippen LogP contribution in [0.1, 0.15) is 58.1 Å². The van der Waals surface area contributed by atoms with Crippen LogP contribution in [0.2, 0.25) is 0 Å². The quantitative estimate of drug-likeness (QED) is 0.767. The van der Waals surface area contributed by atoms with Crippen molar-refractivity contribution in [3.63, 3.8) is 0 Å². The Morgan fingerprint density at radius 1 is 0.880 bits per heavy atom. The van der Waals surface area contributed by atoms with Crippen LogP contribution in [0.4, 0.5) is 0 Å². The van der Waals surface area contributed by atoms with Gasteiger partial charge in [0.1, 0.15) is 0 Å². The Kier molecular flexibility index (Phi) is 3.83. The highest BCUT2D eigenvalue weighted by Gasteiger charge is 2.76. The average Bonchev–Trinajstić information content (AvgIpc) is 2.79. The highest BCUT2D eigenvalue weighted by atomic mass is 16.5. The average molecular weight is 344 g/mol. The third-order valence-corrected chi connectivity index (χ3v) is 7.85. The number of benzene rings is 1. The smallest absolute Gasteiger partial charge is 0.316 e. The van der Waals surface area contributed by atoms with Crippen molar-refractivity contribution >= 4 is 11.9 Å². The minimum Gasteiger partial charge on any atom is -0.469 e. The third-order valence-electron chi connectivity index (χ3n) is 7.85. The van der Waals surface area contributed by atoms with Crippen molar-refractivity contribution in [2.45, 2.75) is 57.8 Å². The van der Waals surface area contributed by atoms with E-state index in [0.717, 1.165) is 24.0 Å². The molecular formula is C21H28O4. The maximum Gasteiger partial charge on any atom is 0.316 e. The fraction of sp³-hybridized carbons (Fsp3) is 0.619. The van der Waals surface area contributed by atoms with Gasteiger partial charge in [0, 0.05) is 10.8 Å². The van der Waals surface area contributed by atoms with Gasteiger partial charge in [0.2, 0.25) is 0 Å². The Bertz CT molecular complexity index is 741. The molecule has 0 saturated heterocycles. The summed E-state index contributed by atoms with van der Waals surface area (Å²) in [5.74, 6) is -0.535. The van der Waals surface area contributed by atoms with E-state index in [1.165, 1.54) is 14.2 Å². The van der Waals surface area contributed by atoms with Crippen molar-refractivity contribution in [1.82, 2.24) is 0 Å². The van der Waals surface area contributed by atoms with E-state index in [-0.39, 0.29) is 17.4 Å². The second-order valence-electron chi connectivity index (χ2n) is 8.30. The van der Waals surface area contributed by atoms with Gasteiger partial charge in [0.25, 0.3) is 0 Å². The maximum absolute atomic E-state index is 13.1. The van der Waals surface area contributed by atoms with E-state index >= 15 is 0 Å². The molecule has 1 aromatic carbocycles. The first-order valence-corrected chi connectivity index (χ1v) is 8.92. The van der Waals surface area contributed by atoms with Gasteiger partial charge >= 0.3 is 11.9 Å². The van der Waals surface area contributed by atoms with Crippen LogP contribution >= 0.6 is 0 Å². The van der Waals surface area contributed by atoms with Crippen molar-refractivity contribution in [2.24, 2.45) is 10.8 Å². The number of carbonyl (C=O) groups excluding carboxylic acids is 2. The SMILES string of the molecule is COC(=O)[C@]1(C)CCC[C@@]2(C)c3ccccc3[C@@](C)(C(=O)OC)[C@@]12C. The molecule has 0 bridgehead atoms. The molecule has 4 heteroatoms. The van der Waals surface area contributed by atoms with Crippen molar-refractivity contribution in [1.29, 1.82) is 0 Å². The van der Waals surface area contributed by atoms with Crippen LogP contribution in [0.5, 0.6) is 0 Å². The Hall–Kier alpha value is -1.84. The molecule has 4 atom stereocenters. The number of hydrogen-bond acceptors (Lipinski definition) is 4. The number of hydrogen-bond donors (Lipinski definition) is 0. The van der Waals surface area contributed by atoms with Gasteiger partial charge in [-0.25, -0.2) is 0 Å². The molecule has 25 heavy (non-hydrogen) atoms. The molecule has 2 aliphatic carbocycles. The lowest BCUT2D eigenvalue weighted by atomic mass is 9.41. The first-order chi connectivity index (χ1) is 11.6. The molecule has 2 aliphatic rings. The molecule has 0 heterocycles. The summed E-state index contributed by atoms with van der Waals surface area (Å²) in [7, 11) is 2.86. The first kappa shape index (κ1) is 18.0. The zero-order chi connectivity index (χ0) is 18.7. The van der Waals surface area contributed by atoms with Crippen molar-refractivity contribution < 1.29 is 19.1 Å². The molecule has 3 rings (SSSR count). The van der Waals surface area contributed by atoms with E-state index in [9.17, 15) is 9.59 Å². The topological polar surface area (TPSA) is 52.6 Å². The van der Waals surface area contributed by atoms with Crippen molar-refractivity contribution in [3.05, 3.63) is 35.4 Å². The van der Waals surface area contributed by atoms with Crippen molar-refractivity contribution in [2.75, 3.05) is 14.2 Å². The minimum absolute atomic E-state index is 0.246. The van der Waals surface area contributed by atoms with E-state index in [0.29, 0.717) is 6.42 Å². The van der Waals surface area contributed by atoms with Gasteiger partial charge in [0.15, 0.2) is 0 Å².